The molecule has 7 heteroatoms. The van der Waals surface area contributed by atoms with Crippen molar-refractivity contribution >= 4 is 5.91 Å². The van der Waals surface area contributed by atoms with Gasteiger partial charge < -0.3 is 16.4 Å². The van der Waals surface area contributed by atoms with E-state index in [0.29, 0.717) is 24.7 Å². The van der Waals surface area contributed by atoms with Crippen molar-refractivity contribution in [3.63, 3.8) is 0 Å². The van der Waals surface area contributed by atoms with Crippen LogP contribution >= 0.6 is 0 Å². The Labute approximate surface area is 110 Å². The van der Waals surface area contributed by atoms with Crippen molar-refractivity contribution in [2.24, 2.45) is 29.2 Å². The Morgan fingerprint density at radius 2 is 1.95 bits per heavy atom. The monoisotopic (exact) mass is 279 g/mol. The van der Waals surface area contributed by atoms with E-state index in [1.165, 1.54) is 0 Å². The number of amides is 1. The third-order valence-electron chi connectivity index (χ3n) is 4.30. The average molecular weight is 279 g/mol. The summed E-state index contributed by atoms with van der Waals surface area (Å²) < 4.78 is 37.3. The van der Waals surface area contributed by atoms with Crippen LogP contribution in [0.25, 0.3) is 0 Å². The summed E-state index contributed by atoms with van der Waals surface area (Å²) in [6.45, 7) is -1.21. The first-order valence-corrected chi connectivity index (χ1v) is 6.63. The smallest absolute Gasteiger partial charge is 0.332 e. The van der Waals surface area contributed by atoms with E-state index in [-0.39, 0.29) is 25.0 Å². The molecule has 0 spiro atoms. The predicted molar refractivity (Wildman–Crippen MR) is 64.0 cm³/mol. The molecular formula is C12H20F3N3O. The maximum atomic E-state index is 12.4. The van der Waals surface area contributed by atoms with Crippen LogP contribution in [0.5, 0.6) is 0 Å². The minimum atomic E-state index is -4.38. The van der Waals surface area contributed by atoms with Gasteiger partial charge in [-0.25, -0.2) is 0 Å². The zero-order chi connectivity index (χ0) is 14.2. The van der Waals surface area contributed by atoms with E-state index in [0.717, 1.165) is 11.3 Å². The maximum Gasteiger partial charge on any atom is 0.406 e. The Bertz CT molecular complexity index is 348. The zero-order valence-electron chi connectivity index (χ0n) is 10.7. The molecule has 0 aromatic heterocycles. The predicted octanol–water partition coefficient (Wildman–Crippen LogP) is 0.709. The van der Waals surface area contributed by atoms with Gasteiger partial charge in [0.15, 0.2) is 0 Å². The molecule has 0 saturated heterocycles. The van der Waals surface area contributed by atoms with Gasteiger partial charge in [-0.05, 0) is 31.1 Å². The molecule has 110 valence electrons. The van der Waals surface area contributed by atoms with Gasteiger partial charge in [0.25, 0.3) is 0 Å². The van der Waals surface area contributed by atoms with Crippen LogP contribution in [0.2, 0.25) is 0 Å². The van der Waals surface area contributed by atoms with Gasteiger partial charge in [-0.15, -0.1) is 0 Å². The Hall–Kier alpha value is -0.820. The molecule has 2 fully saturated rings. The van der Waals surface area contributed by atoms with E-state index >= 15 is 0 Å². The molecular weight excluding hydrogens is 259 g/mol. The first-order chi connectivity index (χ1) is 8.81. The number of carbonyl (C=O) groups excluding carboxylic acids is 1. The van der Waals surface area contributed by atoms with Crippen molar-refractivity contribution in [1.82, 2.24) is 4.90 Å². The Balaban J connectivity index is 1.96. The Morgan fingerprint density at radius 3 is 2.42 bits per heavy atom. The van der Waals surface area contributed by atoms with Crippen LogP contribution in [-0.4, -0.2) is 42.7 Å². The molecule has 1 amide bonds. The number of nitrogens with zero attached hydrogens (tertiary/aromatic N) is 1. The molecule has 19 heavy (non-hydrogen) atoms. The van der Waals surface area contributed by atoms with Gasteiger partial charge in [0, 0.05) is 25.0 Å². The lowest BCUT2D eigenvalue weighted by Gasteiger charge is -2.37. The van der Waals surface area contributed by atoms with E-state index in [1.807, 2.05) is 0 Å². The lowest BCUT2D eigenvalue weighted by molar-refractivity contribution is -0.163. The Morgan fingerprint density at radius 1 is 1.26 bits per heavy atom. The highest BCUT2D eigenvalue weighted by molar-refractivity contribution is 5.79. The lowest BCUT2D eigenvalue weighted by atomic mass is 9.72. The highest BCUT2D eigenvalue weighted by atomic mass is 19.4. The fourth-order valence-corrected chi connectivity index (χ4v) is 3.38. The summed E-state index contributed by atoms with van der Waals surface area (Å²) in [6, 6.07) is 0.119. The molecule has 4 unspecified atom stereocenters. The maximum absolute atomic E-state index is 12.4. The van der Waals surface area contributed by atoms with Crippen molar-refractivity contribution in [2.75, 3.05) is 19.6 Å². The summed E-state index contributed by atoms with van der Waals surface area (Å²) in [7, 11) is 0. The van der Waals surface area contributed by atoms with Crippen molar-refractivity contribution in [3.8, 4) is 0 Å². The van der Waals surface area contributed by atoms with Gasteiger partial charge in [-0.1, -0.05) is 0 Å². The van der Waals surface area contributed by atoms with Crippen LogP contribution in [0.15, 0.2) is 0 Å². The lowest BCUT2D eigenvalue weighted by Crippen LogP contribution is -2.44. The van der Waals surface area contributed by atoms with E-state index in [2.05, 4.69) is 0 Å². The van der Waals surface area contributed by atoms with Crippen LogP contribution in [0.3, 0.4) is 0 Å². The second-order valence-electron chi connectivity index (χ2n) is 5.66. The molecule has 2 aliphatic carbocycles. The van der Waals surface area contributed by atoms with Crippen molar-refractivity contribution in [3.05, 3.63) is 0 Å². The summed E-state index contributed by atoms with van der Waals surface area (Å²) in [6.07, 6.45) is -2.18. The molecule has 0 aliphatic heterocycles. The molecule has 2 saturated carbocycles. The number of hydrogen-bond donors (Lipinski definition) is 2. The number of halogens is 3. The molecule has 4 N–H and O–H groups in total. The first-order valence-electron chi connectivity index (χ1n) is 6.63. The topological polar surface area (TPSA) is 72.3 Å². The van der Waals surface area contributed by atoms with Crippen LogP contribution < -0.4 is 11.5 Å². The minimum Gasteiger partial charge on any atom is -0.332 e. The number of nitrogens with two attached hydrogens (primary N) is 2. The summed E-state index contributed by atoms with van der Waals surface area (Å²) >= 11 is 0. The quantitative estimate of drug-likeness (QED) is 0.796. The molecule has 0 heterocycles. The molecule has 0 radical (unpaired) electrons. The van der Waals surface area contributed by atoms with Crippen molar-refractivity contribution < 1.29 is 18.0 Å². The van der Waals surface area contributed by atoms with Crippen LogP contribution in [0.1, 0.15) is 19.3 Å². The van der Waals surface area contributed by atoms with Gasteiger partial charge in [0.05, 0.1) is 0 Å². The minimum absolute atomic E-state index is 0.0426. The van der Waals surface area contributed by atoms with Crippen LogP contribution in [0.4, 0.5) is 13.2 Å². The average Bonchev–Trinajstić information content (AvgIpc) is 2.63. The molecule has 0 aromatic rings. The third-order valence-corrected chi connectivity index (χ3v) is 4.30. The molecule has 4 nitrogen and oxygen atoms in total. The fourth-order valence-electron chi connectivity index (χ4n) is 3.38. The van der Waals surface area contributed by atoms with Crippen LogP contribution in [-0.2, 0) is 4.79 Å². The number of fused-ring (bicyclic) bond motifs is 1. The molecule has 2 rings (SSSR count). The Kier molecular flexibility index (Phi) is 4.06. The van der Waals surface area contributed by atoms with E-state index < -0.39 is 18.6 Å². The fraction of sp³-hybridized carbons (Fsp3) is 0.917. The summed E-state index contributed by atoms with van der Waals surface area (Å²) in [5, 5.41) is 0. The van der Waals surface area contributed by atoms with Gasteiger partial charge >= 0.3 is 6.18 Å². The van der Waals surface area contributed by atoms with Crippen molar-refractivity contribution in [1.29, 1.82) is 0 Å². The summed E-state index contributed by atoms with van der Waals surface area (Å²) in [4.78, 5) is 13.0. The van der Waals surface area contributed by atoms with Gasteiger partial charge in [-0.3, -0.25) is 4.79 Å². The summed E-state index contributed by atoms with van der Waals surface area (Å²) in [5.74, 6) is 0.0240. The number of hydrogen-bond acceptors (Lipinski definition) is 3. The zero-order valence-corrected chi connectivity index (χ0v) is 10.7. The van der Waals surface area contributed by atoms with E-state index in [4.69, 9.17) is 11.5 Å². The largest absolute Gasteiger partial charge is 0.406 e. The van der Waals surface area contributed by atoms with Gasteiger partial charge in [0.2, 0.25) is 5.91 Å². The molecule has 0 aromatic carbocycles. The van der Waals surface area contributed by atoms with Gasteiger partial charge in [0.1, 0.15) is 6.54 Å². The molecule has 0 bridgehead atoms. The highest BCUT2D eigenvalue weighted by Crippen LogP contribution is 2.49. The number of carbonyl (C=O) groups is 1. The third kappa shape index (κ3) is 3.20. The van der Waals surface area contributed by atoms with Gasteiger partial charge in [-0.2, -0.15) is 13.2 Å². The highest BCUT2D eigenvalue weighted by Gasteiger charge is 2.49. The van der Waals surface area contributed by atoms with E-state index in [1.54, 1.807) is 0 Å². The van der Waals surface area contributed by atoms with Crippen molar-refractivity contribution in [2.45, 2.75) is 31.5 Å². The first kappa shape index (κ1) is 14.6. The number of alkyl halides is 3. The van der Waals surface area contributed by atoms with E-state index in [9.17, 15) is 18.0 Å². The normalized spacial score (nSPS) is 33.7. The second kappa shape index (κ2) is 5.28. The SMILES string of the molecule is NCCN(CC(F)(F)F)C(=O)C1CC2CC(N)C2C1. The molecule has 4 atom stereocenters. The molecule has 2 aliphatic rings. The second-order valence-corrected chi connectivity index (χ2v) is 5.66. The summed E-state index contributed by atoms with van der Waals surface area (Å²) in [5.41, 5.74) is 11.1. The number of rotatable bonds is 4. The standard InChI is InChI=1S/C12H20F3N3O/c13-12(14,15)6-18(2-1-16)11(19)8-3-7-5-10(17)9(7)4-8/h7-10H,1-6,16-17H2. The van der Waals surface area contributed by atoms with Crippen LogP contribution in [0, 0.1) is 17.8 Å².